The summed E-state index contributed by atoms with van der Waals surface area (Å²) in [6.45, 7) is 1.35. The molecule has 0 saturated heterocycles. The van der Waals surface area contributed by atoms with Crippen LogP contribution in [0.3, 0.4) is 0 Å². The number of ether oxygens (including phenoxy) is 1. The summed E-state index contributed by atoms with van der Waals surface area (Å²) in [7, 11) is 0. The molecule has 0 aliphatic carbocycles. The number of thiophene rings is 1. The molecule has 98 valence electrons. The smallest absolute Gasteiger partial charge is 0.323 e. The van der Waals surface area contributed by atoms with E-state index in [1.54, 1.807) is 24.3 Å². The van der Waals surface area contributed by atoms with Crippen LogP contribution in [-0.4, -0.2) is 10.7 Å². The molecule has 19 heavy (non-hydrogen) atoms. The standard InChI is InChI=1S/C12H8ClNO4S/c1-7(15)11-6-10(14(16)17)12(19-11)18-9-4-2-8(13)3-5-9/h2-6H,1H3. The summed E-state index contributed by atoms with van der Waals surface area (Å²) in [5, 5.41) is 11.5. The largest absolute Gasteiger partial charge is 0.440 e. The summed E-state index contributed by atoms with van der Waals surface area (Å²) < 4.78 is 5.42. The van der Waals surface area contributed by atoms with E-state index in [9.17, 15) is 14.9 Å². The van der Waals surface area contributed by atoms with Crippen LogP contribution in [-0.2, 0) is 0 Å². The summed E-state index contributed by atoms with van der Waals surface area (Å²) in [4.78, 5) is 21.9. The number of benzene rings is 1. The van der Waals surface area contributed by atoms with Crippen molar-refractivity contribution < 1.29 is 14.5 Å². The second-order valence-corrected chi connectivity index (χ2v) is 5.10. The lowest BCUT2D eigenvalue weighted by Gasteiger charge is -2.02. The maximum absolute atomic E-state index is 11.2. The van der Waals surface area contributed by atoms with Gasteiger partial charge < -0.3 is 4.74 Å². The molecule has 0 fully saturated rings. The van der Waals surface area contributed by atoms with Gasteiger partial charge in [-0.25, -0.2) is 0 Å². The van der Waals surface area contributed by atoms with Crippen LogP contribution in [0.4, 0.5) is 5.69 Å². The minimum Gasteiger partial charge on any atom is -0.440 e. The highest BCUT2D eigenvalue weighted by Crippen LogP contribution is 2.40. The lowest BCUT2D eigenvalue weighted by Crippen LogP contribution is -1.89. The zero-order valence-electron chi connectivity index (χ0n) is 9.75. The van der Waals surface area contributed by atoms with Crippen molar-refractivity contribution in [2.24, 2.45) is 0 Å². The van der Waals surface area contributed by atoms with Gasteiger partial charge in [0.15, 0.2) is 5.78 Å². The Morgan fingerprint density at radius 2 is 2.00 bits per heavy atom. The molecular weight excluding hydrogens is 290 g/mol. The van der Waals surface area contributed by atoms with Gasteiger partial charge in [-0.3, -0.25) is 14.9 Å². The summed E-state index contributed by atoms with van der Waals surface area (Å²) in [5.41, 5.74) is -0.217. The average Bonchev–Trinajstić information content (AvgIpc) is 2.76. The third-order valence-corrected chi connectivity index (χ3v) is 3.60. The number of Topliss-reactive ketones (excluding diaryl/α,β-unsaturated/α-hetero) is 1. The third-order valence-electron chi connectivity index (χ3n) is 2.25. The summed E-state index contributed by atoms with van der Waals surface area (Å²) >= 11 is 6.68. The third kappa shape index (κ3) is 3.10. The highest BCUT2D eigenvalue weighted by atomic mass is 35.5. The van der Waals surface area contributed by atoms with Crippen molar-refractivity contribution in [3.8, 4) is 10.8 Å². The quantitative estimate of drug-likeness (QED) is 0.479. The van der Waals surface area contributed by atoms with E-state index < -0.39 is 4.92 Å². The lowest BCUT2D eigenvalue weighted by atomic mass is 10.3. The predicted molar refractivity (Wildman–Crippen MR) is 72.5 cm³/mol. The first kappa shape index (κ1) is 13.5. The van der Waals surface area contributed by atoms with Gasteiger partial charge in [-0.1, -0.05) is 22.9 Å². The highest BCUT2D eigenvalue weighted by Gasteiger charge is 2.22. The number of rotatable bonds is 4. The molecule has 1 aromatic heterocycles. The fraction of sp³-hybridized carbons (Fsp3) is 0.0833. The number of carbonyl (C=O) groups is 1. The molecule has 0 aliphatic rings. The van der Waals surface area contributed by atoms with Crippen molar-refractivity contribution in [3.05, 3.63) is 50.3 Å². The van der Waals surface area contributed by atoms with Crippen molar-refractivity contribution in [2.45, 2.75) is 6.92 Å². The molecule has 0 spiro atoms. The first-order valence-corrected chi connectivity index (χ1v) is 6.39. The number of nitro groups is 1. The van der Waals surface area contributed by atoms with Crippen LogP contribution in [0.2, 0.25) is 5.02 Å². The zero-order valence-corrected chi connectivity index (χ0v) is 11.3. The molecule has 0 bridgehead atoms. The monoisotopic (exact) mass is 297 g/mol. The highest BCUT2D eigenvalue weighted by molar-refractivity contribution is 7.16. The Bertz CT molecular complexity index is 636. The van der Waals surface area contributed by atoms with Gasteiger partial charge in [-0.15, -0.1) is 0 Å². The number of carbonyl (C=O) groups excluding carboxylic acids is 1. The van der Waals surface area contributed by atoms with Crippen molar-refractivity contribution in [1.82, 2.24) is 0 Å². The minimum atomic E-state index is -0.575. The molecule has 2 aromatic rings. The fourth-order valence-electron chi connectivity index (χ4n) is 1.35. The van der Waals surface area contributed by atoms with Gasteiger partial charge in [0.2, 0.25) is 0 Å². The Kier molecular flexibility index (Phi) is 3.82. The molecule has 0 N–H and O–H groups in total. The number of hydrogen-bond donors (Lipinski definition) is 0. The molecule has 0 radical (unpaired) electrons. The number of halogens is 1. The van der Waals surface area contributed by atoms with Gasteiger partial charge in [-0.2, -0.15) is 0 Å². The molecule has 0 amide bonds. The first-order valence-electron chi connectivity index (χ1n) is 5.20. The molecule has 1 heterocycles. The van der Waals surface area contributed by atoms with Gasteiger partial charge in [0.05, 0.1) is 9.80 Å². The first-order chi connectivity index (χ1) is 8.97. The van der Waals surface area contributed by atoms with E-state index >= 15 is 0 Å². The molecule has 0 unspecified atom stereocenters. The topological polar surface area (TPSA) is 69.4 Å². The van der Waals surface area contributed by atoms with Crippen LogP contribution in [0.25, 0.3) is 0 Å². The molecule has 0 aliphatic heterocycles. The molecule has 1 aromatic carbocycles. The van der Waals surface area contributed by atoms with E-state index in [2.05, 4.69) is 0 Å². The minimum absolute atomic E-state index is 0.0810. The van der Waals surface area contributed by atoms with E-state index in [4.69, 9.17) is 16.3 Å². The van der Waals surface area contributed by atoms with Gasteiger partial charge in [-0.05, 0) is 31.2 Å². The van der Waals surface area contributed by atoms with Crippen LogP contribution in [0.5, 0.6) is 10.8 Å². The molecular formula is C12H8ClNO4S. The molecule has 2 rings (SSSR count). The Morgan fingerprint density at radius 3 is 2.53 bits per heavy atom. The van der Waals surface area contributed by atoms with Gasteiger partial charge in [0.1, 0.15) is 5.75 Å². The van der Waals surface area contributed by atoms with E-state index in [1.165, 1.54) is 13.0 Å². The van der Waals surface area contributed by atoms with Crippen LogP contribution in [0.15, 0.2) is 30.3 Å². The maximum atomic E-state index is 11.2. The summed E-state index contributed by atoms with van der Waals surface area (Å²) in [5.74, 6) is 0.184. The van der Waals surface area contributed by atoms with Crippen molar-refractivity contribution >= 4 is 34.4 Å². The van der Waals surface area contributed by atoms with E-state index in [-0.39, 0.29) is 21.4 Å². The Balaban J connectivity index is 2.35. The SMILES string of the molecule is CC(=O)c1cc([N+](=O)[O-])c(Oc2ccc(Cl)cc2)s1. The molecule has 0 atom stereocenters. The Morgan fingerprint density at radius 1 is 1.37 bits per heavy atom. The molecule has 5 nitrogen and oxygen atoms in total. The van der Waals surface area contributed by atoms with Gasteiger partial charge in [0.25, 0.3) is 5.06 Å². The van der Waals surface area contributed by atoms with Gasteiger partial charge >= 0.3 is 5.69 Å². The molecule has 7 heteroatoms. The van der Waals surface area contributed by atoms with Crippen LogP contribution < -0.4 is 4.74 Å². The van der Waals surface area contributed by atoms with Crippen LogP contribution in [0, 0.1) is 10.1 Å². The van der Waals surface area contributed by atoms with Crippen LogP contribution >= 0.6 is 22.9 Å². The normalized spacial score (nSPS) is 10.2. The van der Waals surface area contributed by atoms with Crippen molar-refractivity contribution in [3.63, 3.8) is 0 Å². The van der Waals surface area contributed by atoms with Crippen molar-refractivity contribution in [1.29, 1.82) is 0 Å². The Hall–Kier alpha value is -1.92. The molecule has 0 saturated carbocycles. The fourth-order valence-corrected chi connectivity index (χ4v) is 2.36. The van der Waals surface area contributed by atoms with E-state index in [1.807, 2.05) is 0 Å². The van der Waals surface area contributed by atoms with E-state index in [0.717, 1.165) is 11.3 Å². The number of nitrogens with zero attached hydrogens (tertiary/aromatic N) is 1. The van der Waals surface area contributed by atoms with Crippen LogP contribution in [0.1, 0.15) is 16.6 Å². The predicted octanol–water partition coefficient (Wildman–Crippen LogP) is 4.30. The number of hydrogen-bond acceptors (Lipinski definition) is 5. The average molecular weight is 298 g/mol. The second-order valence-electron chi connectivity index (χ2n) is 3.65. The summed E-state index contributed by atoms with van der Waals surface area (Å²) in [6.07, 6.45) is 0. The van der Waals surface area contributed by atoms with Gasteiger partial charge in [0, 0.05) is 11.1 Å². The zero-order chi connectivity index (χ0) is 14.0. The Labute approximate surface area is 117 Å². The van der Waals surface area contributed by atoms with E-state index in [0.29, 0.717) is 10.8 Å². The van der Waals surface area contributed by atoms with Crippen molar-refractivity contribution in [2.75, 3.05) is 0 Å². The summed E-state index contributed by atoms with van der Waals surface area (Å²) in [6, 6.07) is 7.64. The maximum Gasteiger partial charge on any atom is 0.323 e. The second kappa shape index (κ2) is 5.38. The lowest BCUT2D eigenvalue weighted by molar-refractivity contribution is -0.385. The number of ketones is 1.